The van der Waals surface area contributed by atoms with Crippen LogP contribution in [0, 0.1) is 5.16 Å². The molecule has 0 radical (unpaired) electrons. The molecule has 0 unspecified atom stereocenters. The summed E-state index contributed by atoms with van der Waals surface area (Å²) in [4.78, 5) is 0. The van der Waals surface area contributed by atoms with Crippen LogP contribution in [0.15, 0.2) is 12.7 Å². The van der Waals surface area contributed by atoms with Gasteiger partial charge in [-0.25, -0.2) is 0 Å². The lowest BCUT2D eigenvalue weighted by molar-refractivity contribution is 0.682. The van der Waals surface area contributed by atoms with Gasteiger partial charge in [-0.1, -0.05) is 47.6 Å². The Balaban J connectivity index is 4.90. The van der Waals surface area contributed by atoms with E-state index >= 15 is 0 Å². The third-order valence-electron chi connectivity index (χ3n) is 3.19. The van der Waals surface area contributed by atoms with Crippen molar-refractivity contribution in [2.75, 3.05) is 6.16 Å². The van der Waals surface area contributed by atoms with Crippen molar-refractivity contribution in [3.63, 3.8) is 0 Å². The van der Waals surface area contributed by atoms with Crippen LogP contribution in [0.2, 0.25) is 0 Å². The average molecular weight is 229 g/mol. The molecular formula is C13H28NP. The van der Waals surface area contributed by atoms with Gasteiger partial charge in [-0.3, -0.25) is 0 Å². The van der Waals surface area contributed by atoms with Crippen LogP contribution in [0.5, 0.6) is 0 Å². The first-order valence-corrected chi connectivity index (χ1v) is 7.78. The fraction of sp³-hybridized carbons (Fsp3) is 0.846. The molecule has 1 N–H and O–H groups in total. The molecule has 0 aromatic carbocycles. The molecule has 0 amide bonds. The van der Waals surface area contributed by atoms with E-state index in [-0.39, 0.29) is 10.3 Å². The van der Waals surface area contributed by atoms with Crippen LogP contribution < -0.4 is 0 Å². The van der Waals surface area contributed by atoms with Crippen molar-refractivity contribution >= 4 is 7.05 Å². The lowest BCUT2D eigenvalue weighted by Gasteiger charge is -2.45. The molecule has 0 bridgehead atoms. The minimum Gasteiger partial charge on any atom is -0.318 e. The molecule has 0 saturated carbocycles. The smallest absolute Gasteiger partial charge is 0.00285 e. The molecule has 15 heavy (non-hydrogen) atoms. The van der Waals surface area contributed by atoms with E-state index in [9.17, 15) is 0 Å². The van der Waals surface area contributed by atoms with Crippen molar-refractivity contribution in [1.82, 2.24) is 0 Å². The number of hydrogen-bond donors (Lipinski definition) is 1. The molecule has 0 spiro atoms. The second-order valence-corrected chi connectivity index (χ2v) is 11.1. The Morgan fingerprint density at radius 3 is 1.73 bits per heavy atom. The highest BCUT2D eigenvalue weighted by atomic mass is 31.2. The Kier molecular flexibility index (Phi) is 4.86. The van der Waals surface area contributed by atoms with Crippen LogP contribution in [-0.2, 0) is 0 Å². The maximum atomic E-state index is 8.88. The number of nitrogens with one attached hydrogen (secondary N) is 1. The summed E-state index contributed by atoms with van der Waals surface area (Å²) < 4.78 is 0. The summed E-state index contributed by atoms with van der Waals surface area (Å²) in [6.07, 6.45) is 5.20. The standard InChI is InChI=1S/C13H28NP/c1-8-9-10-11-15(14,12(2,3)4)13(5,6)7/h8,14H,1,9-11H2,2-7H3. The molecular weight excluding hydrogens is 201 g/mol. The molecule has 0 aliphatic heterocycles. The summed E-state index contributed by atoms with van der Waals surface area (Å²) in [5.74, 6) is 0. The van der Waals surface area contributed by atoms with Crippen LogP contribution >= 0.6 is 7.05 Å². The van der Waals surface area contributed by atoms with Gasteiger partial charge in [0, 0.05) is 0 Å². The summed E-state index contributed by atoms with van der Waals surface area (Å²) in [5.41, 5.74) is 0. The SMILES string of the molecule is C=CCCCP(=N)(C(C)(C)C)C(C)(C)C. The second kappa shape index (κ2) is 4.87. The van der Waals surface area contributed by atoms with Crippen molar-refractivity contribution in [3.8, 4) is 0 Å². The van der Waals surface area contributed by atoms with E-state index < -0.39 is 7.05 Å². The van der Waals surface area contributed by atoms with Gasteiger partial charge < -0.3 is 5.16 Å². The first-order valence-electron chi connectivity index (χ1n) is 5.80. The van der Waals surface area contributed by atoms with Crippen molar-refractivity contribution in [2.24, 2.45) is 0 Å². The molecule has 0 aromatic heterocycles. The fourth-order valence-corrected chi connectivity index (χ4v) is 6.16. The van der Waals surface area contributed by atoms with Gasteiger partial charge in [0.1, 0.15) is 0 Å². The minimum atomic E-state index is -1.66. The van der Waals surface area contributed by atoms with E-state index in [1.807, 2.05) is 6.08 Å². The van der Waals surface area contributed by atoms with E-state index in [0.29, 0.717) is 0 Å². The van der Waals surface area contributed by atoms with Gasteiger partial charge in [-0.05, 0) is 36.4 Å². The van der Waals surface area contributed by atoms with Gasteiger partial charge in [-0.15, -0.1) is 6.58 Å². The maximum absolute atomic E-state index is 8.88. The first kappa shape index (κ1) is 15.0. The number of rotatable bonds is 4. The summed E-state index contributed by atoms with van der Waals surface area (Å²) in [6.45, 7) is 17.1. The molecule has 1 nitrogen and oxygen atoms in total. The first-order chi connectivity index (χ1) is 6.56. The maximum Gasteiger partial charge on any atom is -0.00285 e. The van der Waals surface area contributed by atoms with E-state index in [1.165, 1.54) is 0 Å². The van der Waals surface area contributed by atoms with Crippen LogP contribution in [-0.4, -0.2) is 16.5 Å². The van der Waals surface area contributed by atoms with Gasteiger partial charge >= 0.3 is 0 Å². The lowest BCUT2D eigenvalue weighted by Crippen LogP contribution is -2.30. The molecule has 0 saturated heterocycles. The Morgan fingerprint density at radius 2 is 1.47 bits per heavy atom. The Hall–Kier alpha value is -0.0300. The molecule has 0 aliphatic carbocycles. The molecule has 2 heteroatoms. The molecule has 0 rings (SSSR count). The molecule has 0 heterocycles. The largest absolute Gasteiger partial charge is 0.318 e. The van der Waals surface area contributed by atoms with Gasteiger partial charge in [0.15, 0.2) is 0 Å². The summed E-state index contributed by atoms with van der Waals surface area (Å²) >= 11 is 0. The minimum absolute atomic E-state index is 0.131. The van der Waals surface area contributed by atoms with Crippen LogP contribution in [0.1, 0.15) is 54.4 Å². The van der Waals surface area contributed by atoms with E-state index in [4.69, 9.17) is 5.16 Å². The Morgan fingerprint density at radius 1 is 1.07 bits per heavy atom. The van der Waals surface area contributed by atoms with Crippen LogP contribution in [0.4, 0.5) is 0 Å². The zero-order valence-electron chi connectivity index (χ0n) is 11.4. The normalized spacial score (nSPS) is 14.0. The quantitative estimate of drug-likeness (QED) is 0.383. The lowest BCUT2D eigenvalue weighted by atomic mass is 10.2. The van der Waals surface area contributed by atoms with E-state index in [2.05, 4.69) is 48.1 Å². The van der Waals surface area contributed by atoms with Crippen molar-refractivity contribution in [2.45, 2.75) is 64.7 Å². The van der Waals surface area contributed by atoms with E-state index in [1.54, 1.807) is 0 Å². The number of allylic oxidation sites excluding steroid dienone is 1. The zero-order chi connectivity index (χ0) is 12.3. The third-order valence-corrected chi connectivity index (χ3v) is 8.76. The second-order valence-electron chi connectivity index (χ2n) is 6.31. The van der Waals surface area contributed by atoms with Crippen LogP contribution in [0.25, 0.3) is 0 Å². The molecule has 0 aliphatic rings. The van der Waals surface area contributed by atoms with Crippen molar-refractivity contribution < 1.29 is 0 Å². The average Bonchev–Trinajstić information content (AvgIpc) is 2.00. The summed E-state index contributed by atoms with van der Waals surface area (Å²) in [6, 6.07) is 0. The van der Waals surface area contributed by atoms with E-state index in [0.717, 1.165) is 19.0 Å². The van der Waals surface area contributed by atoms with Crippen LogP contribution in [0.3, 0.4) is 0 Å². The van der Waals surface area contributed by atoms with Gasteiger partial charge in [-0.2, -0.15) is 0 Å². The fourth-order valence-electron chi connectivity index (χ4n) is 2.15. The van der Waals surface area contributed by atoms with Crippen molar-refractivity contribution in [3.05, 3.63) is 12.7 Å². The highest BCUT2D eigenvalue weighted by Gasteiger charge is 2.40. The van der Waals surface area contributed by atoms with Crippen molar-refractivity contribution in [1.29, 1.82) is 5.16 Å². The zero-order valence-corrected chi connectivity index (χ0v) is 12.2. The summed E-state index contributed by atoms with van der Waals surface area (Å²) in [5, 5.41) is 9.14. The Bertz CT molecular complexity index is 235. The monoisotopic (exact) mass is 229 g/mol. The predicted molar refractivity (Wildman–Crippen MR) is 73.4 cm³/mol. The van der Waals surface area contributed by atoms with Gasteiger partial charge in [0.05, 0.1) is 0 Å². The number of unbranched alkanes of at least 4 members (excludes halogenated alkanes) is 1. The molecule has 0 fully saturated rings. The molecule has 90 valence electrons. The highest BCUT2D eigenvalue weighted by Crippen LogP contribution is 2.67. The highest BCUT2D eigenvalue weighted by molar-refractivity contribution is 7.68. The molecule has 0 atom stereocenters. The number of hydrogen-bond acceptors (Lipinski definition) is 1. The predicted octanol–water partition coefficient (Wildman–Crippen LogP) is 5.33. The molecule has 0 aromatic rings. The topological polar surface area (TPSA) is 23.9 Å². The van der Waals surface area contributed by atoms with Gasteiger partial charge in [0.25, 0.3) is 0 Å². The Labute approximate surface area is 96.2 Å². The summed E-state index contributed by atoms with van der Waals surface area (Å²) in [7, 11) is -1.66. The third kappa shape index (κ3) is 3.48. The van der Waals surface area contributed by atoms with Gasteiger partial charge in [0.2, 0.25) is 0 Å².